The van der Waals surface area contributed by atoms with Gasteiger partial charge in [0, 0.05) is 13.1 Å². The van der Waals surface area contributed by atoms with Gasteiger partial charge in [0.1, 0.15) is 5.82 Å². The molecule has 4 N–H and O–H groups in total. The molecule has 0 aliphatic carbocycles. The molecule has 1 aromatic heterocycles. The second kappa shape index (κ2) is 3.77. The third-order valence-corrected chi connectivity index (χ3v) is 1.54. The minimum absolute atomic E-state index is 0.0570. The Labute approximate surface area is 79.5 Å². The van der Waals surface area contributed by atoms with E-state index >= 15 is 0 Å². The number of amides is 1. The predicted octanol–water partition coefficient (Wildman–Crippen LogP) is -0.984. The minimum atomic E-state index is -1.12. The Kier molecular flexibility index (Phi) is 2.70. The fraction of sp³-hybridized carbons (Fsp3) is 0.286. The van der Waals surface area contributed by atoms with E-state index in [1.165, 1.54) is 10.7 Å². The van der Waals surface area contributed by atoms with Crippen molar-refractivity contribution in [1.82, 2.24) is 9.78 Å². The van der Waals surface area contributed by atoms with Crippen molar-refractivity contribution in [2.45, 2.75) is 0 Å². The highest BCUT2D eigenvalue weighted by Crippen LogP contribution is 2.08. The standard InChI is InChI=1S/C7H10N4O3/c1-11-6(9-3-5(8)12)2-4(10-11)7(13)14/h2,9H,3H2,1H3,(H2,8,12)(H,13,14). The third-order valence-electron chi connectivity index (χ3n) is 1.54. The van der Waals surface area contributed by atoms with Gasteiger partial charge in [0.25, 0.3) is 0 Å². The maximum absolute atomic E-state index is 10.5. The molecule has 1 rings (SSSR count). The number of aryl methyl sites for hydroxylation is 1. The molecule has 7 heteroatoms. The van der Waals surface area contributed by atoms with Gasteiger partial charge in [-0.05, 0) is 0 Å². The molecule has 0 radical (unpaired) electrons. The van der Waals surface area contributed by atoms with Gasteiger partial charge in [0.05, 0.1) is 6.54 Å². The molecule has 0 aromatic carbocycles. The second-order valence-electron chi connectivity index (χ2n) is 2.66. The molecule has 1 aromatic rings. The third kappa shape index (κ3) is 2.22. The summed E-state index contributed by atoms with van der Waals surface area (Å²) in [6.07, 6.45) is 0. The molecule has 1 heterocycles. The summed E-state index contributed by atoms with van der Waals surface area (Å²) in [4.78, 5) is 20.9. The van der Waals surface area contributed by atoms with Crippen LogP contribution in [0.1, 0.15) is 10.5 Å². The molecule has 0 bridgehead atoms. The Balaban J connectivity index is 2.77. The highest BCUT2D eigenvalue weighted by molar-refractivity contribution is 5.86. The fourth-order valence-corrected chi connectivity index (χ4v) is 0.915. The first-order valence-corrected chi connectivity index (χ1v) is 3.80. The summed E-state index contributed by atoms with van der Waals surface area (Å²) >= 11 is 0. The molecule has 7 nitrogen and oxygen atoms in total. The van der Waals surface area contributed by atoms with Gasteiger partial charge in [-0.25, -0.2) is 4.79 Å². The summed E-state index contributed by atoms with van der Waals surface area (Å²) in [5.41, 5.74) is 4.83. The lowest BCUT2D eigenvalue weighted by atomic mass is 10.4. The molecule has 0 atom stereocenters. The van der Waals surface area contributed by atoms with Crippen LogP contribution in [0.4, 0.5) is 5.82 Å². The molecule has 1 amide bonds. The number of carboxylic acid groups (broad SMARTS) is 1. The SMILES string of the molecule is Cn1nc(C(=O)O)cc1NCC(N)=O. The lowest BCUT2D eigenvalue weighted by Gasteiger charge is -2.01. The Bertz CT molecular complexity index is 371. The number of nitrogens with zero attached hydrogens (tertiary/aromatic N) is 2. The number of rotatable bonds is 4. The zero-order valence-electron chi connectivity index (χ0n) is 7.52. The Morgan fingerprint density at radius 3 is 2.79 bits per heavy atom. The number of nitrogens with one attached hydrogen (secondary N) is 1. The molecule has 0 fully saturated rings. The van der Waals surface area contributed by atoms with Crippen LogP contribution >= 0.6 is 0 Å². The molecule has 0 spiro atoms. The molecule has 0 saturated heterocycles. The van der Waals surface area contributed by atoms with Gasteiger partial charge >= 0.3 is 5.97 Å². The first-order valence-electron chi connectivity index (χ1n) is 3.80. The first-order chi connectivity index (χ1) is 6.50. The van der Waals surface area contributed by atoms with Gasteiger partial charge in [-0.2, -0.15) is 5.10 Å². The van der Waals surface area contributed by atoms with E-state index in [1.54, 1.807) is 7.05 Å². The number of nitrogens with two attached hydrogens (primary N) is 1. The van der Waals surface area contributed by atoms with Gasteiger partial charge in [-0.15, -0.1) is 0 Å². The summed E-state index contributed by atoms with van der Waals surface area (Å²) in [5, 5.41) is 14.9. The van der Waals surface area contributed by atoms with E-state index in [9.17, 15) is 9.59 Å². The van der Waals surface area contributed by atoms with E-state index < -0.39 is 11.9 Å². The number of hydrogen-bond donors (Lipinski definition) is 3. The highest BCUT2D eigenvalue weighted by atomic mass is 16.4. The van der Waals surface area contributed by atoms with Crippen LogP contribution in [-0.4, -0.2) is 33.3 Å². The van der Waals surface area contributed by atoms with E-state index in [-0.39, 0.29) is 12.2 Å². The number of hydrogen-bond acceptors (Lipinski definition) is 4. The number of carbonyl (C=O) groups is 2. The zero-order chi connectivity index (χ0) is 10.7. The zero-order valence-corrected chi connectivity index (χ0v) is 7.52. The monoisotopic (exact) mass is 198 g/mol. The van der Waals surface area contributed by atoms with Crippen molar-refractivity contribution in [2.24, 2.45) is 12.8 Å². The molecule has 14 heavy (non-hydrogen) atoms. The van der Waals surface area contributed by atoms with Crippen molar-refractivity contribution >= 4 is 17.7 Å². The average molecular weight is 198 g/mol. The van der Waals surface area contributed by atoms with Crippen molar-refractivity contribution in [1.29, 1.82) is 0 Å². The molecular weight excluding hydrogens is 188 g/mol. The van der Waals surface area contributed by atoms with Gasteiger partial charge in [0.2, 0.25) is 5.91 Å². The predicted molar refractivity (Wildman–Crippen MR) is 47.9 cm³/mol. The largest absolute Gasteiger partial charge is 0.476 e. The summed E-state index contributed by atoms with van der Waals surface area (Å²) in [6, 6.07) is 1.32. The van der Waals surface area contributed by atoms with Crippen molar-refractivity contribution < 1.29 is 14.7 Å². The quantitative estimate of drug-likeness (QED) is 0.575. The van der Waals surface area contributed by atoms with Crippen LogP contribution in [0.25, 0.3) is 0 Å². The smallest absolute Gasteiger partial charge is 0.356 e. The summed E-state index contributed by atoms with van der Waals surface area (Å²) in [6.45, 7) is -0.0570. The number of aromatic carboxylic acids is 1. The van der Waals surface area contributed by atoms with Crippen LogP contribution in [0.3, 0.4) is 0 Å². The second-order valence-corrected chi connectivity index (χ2v) is 2.66. The van der Waals surface area contributed by atoms with Crippen molar-refractivity contribution in [2.75, 3.05) is 11.9 Å². The highest BCUT2D eigenvalue weighted by Gasteiger charge is 2.10. The molecule has 0 saturated carbocycles. The van der Waals surface area contributed by atoms with Gasteiger partial charge in [-0.3, -0.25) is 9.48 Å². The Hall–Kier alpha value is -2.05. The van der Waals surface area contributed by atoms with E-state index in [1.807, 2.05) is 0 Å². The number of primary amides is 1. The van der Waals surface area contributed by atoms with E-state index in [0.29, 0.717) is 5.82 Å². The number of aromatic nitrogens is 2. The van der Waals surface area contributed by atoms with Crippen LogP contribution in [0.5, 0.6) is 0 Å². The van der Waals surface area contributed by atoms with Crippen LogP contribution in [0.15, 0.2) is 6.07 Å². The van der Waals surface area contributed by atoms with Gasteiger partial charge in [-0.1, -0.05) is 0 Å². The van der Waals surface area contributed by atoms with Crippen LogP contribution in [-0.2, 0) is 11.8 Å². The lowest BCUT2D eigenvalue weighted by Crippen LogP contribution is -2.22. The maximum atomic E-state index is 10.5. The minimum Gasteiger partial charge on any atom is -0.476 e. The topological polar surface area (TPSA) is 110 Å². The normalized spacial score (nSPS) is 9.79. The average Bonchev–Trinajstić information content (AvgIpc) is 2.43. The van der Waals surface area contributed by atoms with Crippen molar-refractivity contribution in [3.63, 3.8) is 0 Å². The first kappa shape index (κ1) is 10.0. The number of carbonyl (C=O) groups excluding carboxylic acids is 1. The van der Waals surface area contributed by atoms with Crippen LogP contribution in [0, 0.1) is 0 Å². The number of carboxylic acids is 1. The number of anilines is 1. The van der Waals surface area contributed by atoms with Gasteiger partial charge < -0.3 is 16.2 Å². The summed E-state index contributed by atoms with van der Waals surface area (Å²) < 4.78 is 1.33. The van der Waals surface area contributed by atoms with Crippen LogP contribution in [0.2, 0.25) is 0 Å². The molecule has 0 aliphatic heterocycles. The summed E-state index contributed by atoms with van der Waals surface area (Å²) in [7, 11) is 1.57. The van der Waals surface area contributed by atoms with Crippen LogP contribution < -0.4 is 11.1 Å². The van der Waals surface area contributed by atoms with E-state index in [2.05, 4.69) is 10.4 Å². The molecule has 0 aliphatic rings. The molecule has 0 unspecified atom stereocenters. The molecular formula is C7H10N4O3. The maximum Gasteiger partial charge on any atom is 0.356 e. The fourth-order valence-electron chi connectivity index (χ4n) is 0.915. The van der Waals surface area contributed by atoms with Crippen molar-refractivity contribution in [3.05, 3.63) is 11.8 Å². The van der Waals surface area contributed by atoms with Gasteiger partial charge in [0.15, 0.2) is 5.69 Å². The van der Waals surface area contributed by atoms with Crippen molar-refractivity contribution in [3.8, 4) is 0 Å². The lowest BCUT2D eigenvalue weighted by molar-refractivity contribution is -0.116. The van der Waals surface area contributed by atoms with E-state index in [4.69, 9.17) is 10.8 Å². The Morgan fingerprint density at radius 1 is 1.71 bits per heavy atom. The summed E-state index contributed by atoms with van der Waals surface area (Å²) in [5.74, 6) is -1.21. The Morgan fingerprint density at radius 2 is 2.36 bits per heavy atom. The van der Waals surface area contributed by atoms with E-state index in [0.717, 1.165) is 0 Å². The molecule has 76 valence electrons.